The van der Waals surface area contributed by atoms with Crippen LogP contribution in [0.5, 0.6) is 0 Å². The van der Waals surface area contributed by atoms with Crippen molar-refractivity contribution in [3.8, 4) is 0 Å². The van der Waals surface area contributed by atoms with Crippen molar-refractivity contribution in [1.29, 1.82) is 0 Å². The van der Waals surface area contributed by atoms with Crippen LogP contribution in [0.3, 0.4) is 0 Å². The van der Waals surface area contributed by atoms with Crippen LogP contribution in [0.25, 0.3) is 0 Å². The predicted molar refractivity (Wildman–Crippen MR) is 32.9 cm³/mol. The van der Waals surface area contributed by atoms with Crippen LogP contribution in [-0.2, 0) is 6.42 Å². The summed E-state index contributed by atoms with van der Waals surface area (Å²) in [5.74, 6) is 0. The largest absolute Gasteiger partial charge is 0.333 e. The molecule has 1 heterocycles. The first-order valence-electron chi connectivity index (χ1n) is 3.06. The number of hydrogen-bond acceptors (Lipinski definition) is 1. The molecule has 1 aromatic rings. The Kier molecular flexibility index (Phi) is 1.99. The summed E-state index contributed by atoms with van der Waals surface area (Å²) in [6.07, 6.45) is 1.97. The number of nitrogens with zero attached hydrogens (tertiary/aromatic N) is 2. The van der Waals surface area contributed by atoms with Gasteiger partial charge in [0.25, 0.3) is 0 Å². The minimum absolute atomic E-state index is 0.565. The predicted octanol–water partition coefficient (Wildman–Crippen LogP) is 1.84. The number of halogens is 2. The van der Waals surface area contributed by atoms with Gasteiger partial charge in [-0.2, -0.15) is 13.9 Å². The molecule has 0 amide bonds. The highest BCUT2D eigenvalue weighted by Crippen LogP contribution is 2.11. The van der Waals surface area contributed by atoms with Crippen LogP contribution in [-0.4, -0.2) is 9.78 Å². The Balaban J connectivity index is 2.90. The summed E-state index contributed by atoms with van der Waals surface area (Å²) in [7, 11) is 0. The normalized spacial score (nSPS) is 10.8. The van der Waals surface area contributed by atoms with E-state index in [2.05, 4.69) is 5.10 Å². The van der Waals surface area contributed by atoms with E-state index in [-0.39, 0.29) is 0 Å². The van der Waals surface area contributed by atoms with Gasteiger partial charge in [-0.05, 0) is 12.5 Å². The van der Waals surface area contributed by atoms with Crippen molar-refractivity contribution in [2.75, 3.05) is 0 Å². The molecule has 0 aliphatic heterocycles. The molecule has 2 nitrogen and oxygen atoms in total. The second kappa shape index (κ2) is 2.77. The molecule has 10 heavy (non-hydrogen) atoms. The lowest BCUT2D eigenvalue weighted by atomic mass is 10.3. The van der Waals surface area contributed by atoms with Crippen LogP contribution in [0.1, 0.15) is 19.2 Å². The topological polar surface area (TPSA) is 17.8 Å². The molecular weight excluding hydrogens is 138 g/mol. The maximum absolute atomic E-state index is 11.9. The Morgan fingerprint density at radius 3 is 2.80 bits per heavy atom. The Hall–Kier alpha value is -0.930. The van der Waals surface area contributed by atoms with Crippen LogP contribution in [0.4, 0.5) is 8.78 Å². The smallest absolute Gasteiger partial charge is 0.209 e. The Morgan fingerprint density at radius 2 is 2.40 bits per heavy atom. The average Bonchev–Trinajstić information content (AvgIpc) is 2.33. The van der Waals surface area contributed by atoms with Gasteiger partial charge >= 0.3 is 6.55 Å². The molecule has 1 aromatic heterocycles. The average molecular weight is 146 g/mol. The van der Waals surface area contributed by atoms with Gasteiger partial charge < -0.3 is 0 Å². The summed E-state index contributed by atoms with van der Waals surface area (Å²) in [5, 5.41) is 3.45. The van der Waals surface area contributed by atoms with E-state index >= 15 is 0 Å². The van der Waals surface area contributed by atoms with Crippen molar-refractivity contribution in [2.45, 2.75) is 19.9 Å². The van der Waals surface area contributed by atoms with E-state index in [1.165, 1.54) is 6.20 Å². The molecule has 0 aromatic carbocycles. The minimum atomic E-state index is -2.51. The summed E-state index contributed by atoms with van der Waals surface area (Å²) >= 11 is 0. The molecule has 0 radical (unpaired) electrons. The second-order valence-corrected chi connectivity index (χ2v) is 1.90. The van der Waals surface area contributed by atoms with Gasteiger partial charge in [0.15, 0.2) is 0 Å². The van der Waals surface area contributed by atoms with Crippen LogP contribution < -0.4 is 0 Å². The Bertz CT molecular complexity index is 207. The number of aromatic nitrogens is 2. The van der Waals surface area contributed by atoms with Crippen molar-refractivity contribution in [3.05, 3.63) is 18.0 Å². The van der Waals surface area contributed by atoms with Gasteiger partial charge in [-0.3, -0.25) is 0 Å². The van der Waals surface area contributed by atoms with Gasteiger partial charge in [0, 0.05) is 11.9 Å². The van der Waals surface area contributed by atoms with Gasteiger partial charge in [0.2, 0.25) is 0 Å². The van der Waals surface area contributed by atoms with Gasteiger partial charge in [-0.1, -0.05) is 6.92 Å². The third-order valence-corrected chi connectivity index (χ3v) is 1.30. The maximum Gasteiger partial charge on any atom is 0.333 e. The monoisotopic (exact) mass is 146 g/mol. The van der Waals surface area contributed by atoms with E-state index in [1.807, 2.05) is 6.92 Å². The third kappa shape index (κ3) is 1.15. The van der Waals surface area contributed by atoms with Gasteiger partial charge in [0.05, 0.1) is 0 Å². The van der Waals surface area contributed by atoms with Crippen molar-refractivity contribution in [2.24, 2.45) is 0 Å². The van der Waals surface area contributed by atoms with Crippen molar-refractivity contribution in [1.82, 2.24) is 9.78 Å². The molecular formula is C6H8F2N2. The van der Waals surface area contributed by atoms with Crippen LogP contribution in [0.2, 0.25) is 0 Å². The van der Waals surface area contributed by atoms with Gasteiger partial charge in [0.1, 0.15) is 0 Å². The van der Waals surface area contributed by atoms with E-state index in [4.69, 9.17) is 0 Å². The minimum Gasteiger partial charge on any atom is -0.209 e. The molecule has 0 saturated heterocycles. The summed E-state index contributed by atoms with van der Waals surface area (Å²) in [5.41, 5.74) is 0.565. The number of rotatable bonds is 2. The fraction of sp³-hybridized carbons (Fsp3) is 0.500. The quantitative estimate of drug-likeness (QED) is 0.622. The standard InChI is InChI=1S/C6H8F2N2/c1-2-5-3-4-9-10(5)6(7)8/h3-4,6H,2H2,1H3. The molecule has 0 saturated carbocycles. The summed E-state index contributed by atoms with van der Waals surface area (Å²) in [6, 6.07) is 1.59. The van der Waals surface area contributed by atoms with E-state index < -0.39 is 6.55 Å². The van der Waals surface area contributed by atoms with Crippen LogP contribution >= 0.6 is 0 Å². The Morgan fingerprint density at radius 1 is 1.70 bits per heavy atom. The zero-order valence-electron chi connectivity index (χ0n) is 5.59. The molecule has 4 heteroatoms. The molecule has 0 aliphatic carbocycles. The molecule has 0 N–H and O–H groups in total. The lowest BCUT2D eigenvalue weighted by Crippen LogP contribution is -2.03. The zero-order valence-corrected chi connectivity index (χ0v) is 5.59. The fourth-order valence-corrected chi connectivity index (χ4v) is 0.797. The molecule has 0 unspecified atom stereocenters. The van der Waals surface area contributed by atoms with Gasteiger partial charge in [-0.25, -0.2) is 4.68 Å². The lowest BCUT2D eigenvalue weighted by molar-refractivity contribution is 0.0536. The van der Waals surface area contributed by atoms with E-state index in [0.717, 1.165) is 4.68 Å². The van der Waals surface area contributed by atoms with Crippen LogP contribution in [0.15, 0.2) is 12.3 Å². The van der Waals surface area contributed by atoms with E-state index in [1.54, 1.807) is 6.07 Å². The highest BCUT2D eigenvalue weighted by Gasteiger charge is 2.08. The summed E-state index contributed by atoms with van der Waals surface area (Å²) in [6.45, 7) is -0.694. The van der Waals surface area contributed by atoms with Gasteiger partial charge in [-0.15, -0.1) is 0 Å². The summed E-state index contributed by atoms with van der Waals surface area (Å²) < 4.78 is 24.6. The molecule has 56 valence electrons. The molecule has 0 spiro atoms. The second-order valence-electron chi connectivity index (χ2n) is 1.90. The highest BCUT2D eigenvalue weighted by molar-refractivity contribution is 4.99. The molecule has 0 bridgehead atoms. The first-order valence-corrected chi connectivity index (χ1v) is 3.06. The van der Waals surface area contributed by atoms with Crippen molar-refractivity contribution >= 4 is 0 Å². The number of aryl methyl sites for hydroxylation is 1. The lowest BCUT2D eigenvalue weighted by Gasteiger charge is -2.01. The molecule has 0 atom stereocenters. The van der Waals surface area contributed by atoms with E-state index in [0.29, 0.717) is 12.1 Å². The van der Waals surface area contributed by atoms with Crippen molar-refractivity contribution in [3.63, 3.8) is 0 Å². The first-order chi connectivity index (χ1) is 4.75. The molecule has 0 fully saturated rings. The SMILES string of the molecule is CCc1ccnn1C(F)F. The van der Waals surface area contributed by atoms with E-state index in [9.17, 15) is 8.78 Å². The zero-order chi connectivity index (χ0) is 7.56. The fourth-order valence-electron chi connectivity index (χ4n) is 0.797. The van der Waals surface area contributed by atoms with Crippen LogP contribution in [0, 0.1) is 0 Å². The maximum atomic E-state index is 11.9. The summed E-state index contributed by atoms with van der Waals surface area (Å²) in [4.78, 5) is 0. The molecule has 1 rings (SSSR count). The third-order valence-electron chi connectivity index (χ3n) is 1.30. The van der Waals surface area contributed by atoms with Crippen molar-refractivity contribution < 1.29 is 8.78 Å². The molecule has 0 aliphatic rings. The number of hydrogen-bond donors (Lipinski definition) is 0. The number of alkyl halides is 2. The first kappa shape index (κ1) is 7.18. The Labute approximate surface area is 57.5 Å². The highest BCUT2D eigenvalue weighted by atomic mass is 19.3.